The first kappa shape index (κ1) is 14.5. The lowest BCUT2D eigenvalue weighted by molar-refractivity contribution is -0.158. The molecular weight excluding hydrogens is 272 g/mol. The third kappa shape index (κ3) is 2.93. The third-order valence-corrected chi connectivity index (χ3v) is 6.00. The minimum absolute atomic E-state index is 0.0347. The molecule has 0 radical (unpaired) electrons. The topological polar surface area (TPSA) is 38.7 Å². The smallest absolute Gasteiger partial charge is 0.0912 e. The van der Waals surface area contributed by atoms with Crippen LogP contribution in [-0.2, 0) is 15.9 Å². The van der Waals surface area contributed by atoms with E-state index in [1.165, 1.54) is 4.88 Å². The van der Waals surface area contributed by atoms with E-state index in [0.717, 1.165) is 56.8 Å². The molecule has 20 heavy (non-hydrogen) atoms. The molecule has 1 aromatic rings. The highest BCUT2D eigenvalue weighted by atomic mass is 32.1. The van der Waals surface area contributed by atoms with Crippen LogP contribution in [0.3, 0.4) is 0 Å². The van der Waals surface area contributed by atoms with Gasteiger partial charge in [-0.25, -0.2) is 0 Å². The Hall–Kier alpha value is -0.420. The highest BCUT2D eigenvalue weighted by molar-refractivity contribution is 7.12. The van der Waals surface area contributed by atoms with E-state index in [1.807, 2.05) is 0 Å². The molecule has 2 saturated heterocycles. The Morgan fingerprint density at radius 2 is 2.15 bits per heavy atom. The second-order valence-corrected chi connectivity index (χ2v) is 7.20. The summed E-state index contributed by atoms with van der Waals surface area (Å²) in [5.41, 5.74) is -0.0347. The average molecular weight is 296 g/mol. The van der Waals surface area contributed by atoms with Gasteiger partial charge in [0.25, 0.3) is 0 Å². The summed E-state index contributed by atoms with van der Waals surface area (Å²) in [5.74, 6) is 0.324. The van der Waals surface area contributed by atoms with E-state index in [1.54, 1.807) is 11.3 Å². The van der Waals surface area contributed by atoms with Crippen LogP contribution in [0.25, 0.3) is 0 Å². The average Bonchev–Trinajstić information content (AvgIpc) is 2.96. The first-order chi connectivity index (χ1) is 9.72. The SMILES string of the molecule is CCc1ccc(C(O)C2CCOC3(CCOCC3)C2)s1. The number of aryl methyl sites for hydroxylation is 1. The van der Waals surface area contributed by atoms with Crippen molar-refractivity contribution in [1.29, 1.82) is 0 Å². The zero-order chi connectivity index (χ0) is 14.0. The molecule has 3 rings (SSSR count). The minimum atomic E-state index is -0.330. The lowest BCUT2D eigenvalue weighted by Crippen LogP contribution is -2.45. The van der Waals surface area contributed by atoms with Gasteiger partial charge in [-0.15, -0.1) is 11.3 Å². The Morgan fingerprint density at radius 3 is 2.85 bits per heavy atom. The number of hydrogen-bond acceptors (Lipinski definition) is 4. The van der Waals surface area contributed by atoms with Crippen molar-refractivity contribution < 1.29 is 14.6 Å². The van der Waals surface area contributed by atoms with Crippen molar-refractivity contribution in [2.24, 2.45) is 5.92 Å². The highest BCUT2D eigenvalue weighted by Crippen LogP contribution is 2.42. The van der Waals surface area contributed by atoms with Gasteiger partial charge in [-0.05, 0) is 50.2 Å². The molecule has 2 fully saturated rings. The molecule has 2 atom stereocenters. The van der Waals surface area contributed by atoms with Gasteiger partial charge in [0, 0.05) is 29.6 Å². The van der Waals surface area contributed by atoms with Crippen molar-refractivity contribution in [3.05, 3.63) is 21.9 Å². The molecule has 2 aliphatic heterocycles. The number of rotatable bonds is 3. The molecule has 3 heterocycles. The van der Waals surface area contributed by atoms with Crippen molar-refractivity contribution >= 4 is 11.3 Å². The maximum atomic E-state index is 10.7. The van der Waals surface area contributed by atoms with Crippen LogP contribution in [-0.4, -0.2) is 30.5 Å². The van der Waals surface area contributed by atoms with Gasteiger partial charge in [0.2, 0.25) is 0 Å². The van der Waals surface area contributed by atoms with E-state index in [9.17, 15) is 5.11 Å². The van der Waals surface area contributed by atoms with Gasteiger partial charge in [0.1, 0.15) is 0 Å². The van der Waals surface area contributed by atoms with Gasteiger partial charge in [-0.2, -0.15) is 0 Å². The highest BCUT2D eigenvalue weighted by Gasteiger charge is 2.41. The van der Waals surface area contributed by atoms with E-state index in [4.69, 9.17) is 9.47 Å². The molecular formula is C16H24O3S. The molecule has 0 bridgehead atoms. The zero-order valence-electron chi connectivity index (χ0n) is 12.1. The molecule has 1 N–H and O–H groups in total. The number of ether oxygens (including phenoxy) is 2. The van der Waals surface area contributed by atoms with Crippen molar-refractivity contribution in [3.8, 4) is 0 Å². The van der Waals surface area contributed by atoms with Crippen LogP contribution in [0, 0.1) is 5.92 Å². The van der Waals surface area contributed by atoms with Crippen molar-refractivity contribution in [1.82, 2.24) is 0 Å². The molecule has 2 unspecified atom stereocenters. The quantitative estimate of drug-likeness (QED) is 0.930. The Balaban J connectivity index is 1.69. The fourth-order valence-electron chi connectivity index (χ4n) is 3.40. The summed E-state index contributed by atoms with van der Waals surface area (Å²) in [4.78, 5) is 2.47. The molecule has 0 amide bonds. The molecule has 4 heteroatoms. The van der Waals surface area contributed by atoms with Gasteiger partial charge in [-0.3, -0.25) is 0 Å². The van der Waals surface area contributed by atoms with E-state index in [-0.39, 0.29) is 11.7 Å². The third-order valence-electron chi connectivity index (χ3n) is 4.70. The van der Waals surface area contributed by atoms with Crippen LogP contribution < -0.4 is 0 Å². The fraction of sp³-hybridized carbons (Fsp3) is 0.750. The Kier molecular flexibility index (Phi) is 4.46. The first-order valence-electron chi connectivity index (χ1n) is 7.71. The molecule has 1 aromatic heterocycles. The number of thiophene rings is 1. The van der Waals surface area contributed by atoms with Crippen LogP contribution in [0.4, 0.5) is 0 Å². The number of aliphatic hydroxyl groups is 1. The summed E-state index contributed by atoms with van der Waals surface area (Å²) in [6.45, 7) is 4.52. The largest absolute Gasteiger partial charge is 0.387 e. The lowest BCUT2D eigenvalue weighted by atomic mass is 9.78. The summed E-state index contributed by atoms with van der Waals surface area (Å²) >= 11 is 1.75. The predicted octanol–water partition coefficient (Wildman–Crippen LogP) is 3.32. The molecule has 2 aliphatic rings. The monoisotopic (exact) mass is 296 g/mol. The predicted molar refractivity (Wildman–Crippen MR) is 80.1 cm³/mol. The molecule has 3 nitrogen and oxygen atoms in total. The molecule has 112 valence electrons. The summed E-state index contributed by atoms with van der Waals surface area (Å²) < 4.78 is 11.5. The van der Waals surface area contributed by atoms with E-state index in [2.05, 4.69) is 19.1 Å². The van der Waals surface area contributed by atoms with E-state index in [0.29, 0.717) is 5.92 Å². The van der Waals surface area contributed by atoms with Crippen LogP contribution in [0.1, 0.15) is 48.5 Å². The Morgan fingerprint density at radius 1 is 1.35 bits per heavy atom. The van der Waals surface area contributed by atoms with Gasteiger partial charge >= 0.3 is 0 Å². The standard InChI is InChI=1S/C16H24O3S/c1-2-13-3-4-14(20-13)15(17)12-5-8-19-16(11-12)6-9-18-10-7-16/h3-4,12,15,17H,2,5-11H2,1H3. The van der Waals surface area contributed by atoms with Crippen molar-refractivity contribution in [2.75, 3.05) is 19.8 Å². The molecule has 0 aliphatic carbocycles. The zero-order valence-corrected chi connectivity index (χ0v) is 13.0. The van der Waals surface area contributed by atoms with E-state index >= 15 is 0 Å². The summed E-state index contributed by atoms with van der Waals surface area (Å²) in [6, 6.07) is 4.24. The number of hydrogen-bond donors (Lipinski definition) is 1. The molecule has 0 aromatic carbocycles. The van der Waals surface area contributed by atoms with Crippen molar-refractivity contribution in [2.45, 2.75) is 50.7 Å². The maximum absolute atomic E-state index is 10.7. The second kappa shape index (κ2) is 6.14. The van der Waals surface area contributed by atoms with Gasteiger partial charge in [0.05, 0.1) is 11.7 Å². The molecule has 1 spiro atoms. The minimum Gasteiger partial charge on any atom is -0.387 e. The molecule has 0 saturated carbocycles. The van der Waals surface area contributed by atoms with Crippen molar-refractivity contribution in [3.63, 3.8) is 0 Å². The lowest BCUT2D eigenvalue weighted by Gasteiger charge is -2.44. The number of aliphatic hydroxyl groups excluding tert-OH is 1. The normalized spacial score (nSPS) is 27.6. The van der Waals surface area contributed by atoms with E-state index < -0.39 is 0 Å². The van der Waals surface area contributed by atoms with Crippen LogP contribution in [0.5, 0.6) is 0 Å². The van der Waals surface area contributed by atoms with Crippen LogP contribution >= 0.6 is 11.3 Å². The Labute approximate surface area is 124 Å². The summed E-state index contributed by atoms with van der Waals surface area (Å²) in [7, 11) is 0. The summed E-state index contributed by atoms with van der Waals surface area (Å²) in [6.07, 6.45) is 4.60. The van der Waals surface area contributed by atoms with Gasteiger partial charge in [0.15, 0.2) is 0 Å². The maximum Gasteiger partial charge on any atom is 0.0912 e. The Bertz CT molecular complexity index is 431. The van der Waals surface area contributed by atoms with Gasteiger partial charge in [-0.1, -0.05) is 6.92 Å². The van der Waals surface area contributed by atoms with Gasteiger partial charge < -0.3 is 14.6 Å². The van der Waals surface area contributed by atoms with Crippen LogP contribution in [0.2, 0.25) is 0 Å². The summed E-state index contributed by atoms with van der Waals surface area (Å²) in [5, 5.41) is 10.7. The second-order valence-electron chi connectivity index (χ2n) is 6.00. The van der Waals surface area contributed by atoms with Crippen LogP contribution in [0.15, 0.2) is 12.1 Å². The first-order valence-corrected chi connectivity index (χ1v) is 8.52. The fourth-order valence-corrected chi connectivity index (χ4v) is 4.44.